The molecule has 0 aromatic rings. The Morgan fingerprint density at radius 3 is 2.65 bits per heavy atom. The molecular weight excluding hydrogens is 224 g/mol. The van der Waals surface area contributed by atoms with Crippen molar-refractivity contribution < 1.29 is 19.4 Å². The Kier molecular flexibility index (Phi) is 3.13. The van der Waals surface area contributed by atoms with Gasteiger partial charge in [0.1, 0.15) is 0 Å². The number of carbonyl (C=O) groups excluding carboxylic acids is 1. The highest BCUT2D eigenvalue weighted by atomic mass is 16.6. The number of nitrogens with zero attached hydrogens (tertiary/aromatic N) is 2. The molecule has 2 fully saturated rings. The summed E-state index contributed by atoms with van der Waals surface area (Å²) in [4.78, 5) is 25.2. The van der Waals surface area contributed by atoms with E-state index < -0.39 is 18.4 Å². The van der Waals surface area contributed by atoms with Crippen LogP contribution in [0.25, 0.3) is 0 Å². The van der Waals surface area contributed by atoms with E-state index >= 15 is 0 Å². The summed E-state index contributed by atoms with van der Waals surface area (Å²) in [5, 5.41) is 9.11. The van der Waals surface area contributed by atoms with Crippen molar-refractivity contribution in [2.24, 2.45) is 11.8 Å². The second-order valence-corrected chi connectivity index (χ2v) is 4.96. The van der Waals surface area contributed by atoms with Crippen molar-refractivity contribution in [3.63, 3.8) is 0 Å². The molecule has 1 N–H and O–H groups in total. The van der Waals surface area contributed by atoms with Gasteiger partial charge in [-0.2, -0.15) is 0 Å². The third-order valence-corrected chi connectivity index (χ3v) is 3.65. The Labute approximate surface area is 100 Å². The summed E-state index contributed by atoms with van der Waals surface area (Å²) in [5.74, 6) is 0.529. The lowest BCUT2D eigenvalue weighted by Gasteiger charge is -2.26. The largest absolute Gasteiger partial charge is 0.465 e. The van der Waals surface area contributed by atoms with Gasteiger partial charge in [-0.15, -0.1) is 0 Å². The fourth-order valence-corrected chi connectivity index (χ4v) is 2.80. The first-order chi connectivity index (χ1) is 8.00. The topological polar surface area (TPSA) is 70.1 Å². The summed E-state index contributed by atoms with van der Waals surface area (Å²) < 4.78 is 5.29. The van der Waals surface area contributed by atoms with Crippen molar-refractivity contribution in [3.05, 3.63) is 0 Å². The summed E-state index contributed by atoms with van der Waals surface area (Å²) >= 11 is 0. The molecule has 6 nitrogen and oxygen atoms in total. The second-order valence-electron chi connectivity index (χ2n) is 4.96. The van der Waals surface area contributed by atoms with Crippen LogP contribution in [0.3, 0.4) is 0 Å². The Balaban J connectivity index is 2.09. The molecule has 1 saturated heterocycles. The van der Waals surface area contributed by atoms with E-state index in [4.69, 9.17) is 9.84 Å². The van der Waals surface area contributed by atoms with Crippen LogP contribution in [-0.4, -0.2) is 54.0 Å². The molecule has 2 rings (SSSR count). The van der Waals surface area contributed by atoms with E-state index in [1.807, 2.05) is 0 Å². The quantitative estimate of drug-likeness (QED) is 0.755. The minimum Gasteiger partial charge on any atom is -0.465 e. The van der Waals surface area contributed by atoms with Gasteiger partial charge in [-0.05, 0) is 18.8 Å². The van der Waals surface area contributed by atoms with Crippen LogP contribution in [-0.2, 0) is 4.74 Å². The van der Waals surface area contributed by atoms with Crippen molar-refractivity contribution in [1.82, 2.24) is 9.80 Å². The maximum Gasteiger partial charge on any atom is 0.411 e. The molecule has 1 heterocycles. The lowest BCUT2D eigenvalue weighted by Crippen LogP contribution is -2.42. The molecule has 0 aromatic carbocycles. The lowest BCUT2D eigenvalue weighted by atomic mass is 9.99. The summed E-state index contributed by atoms with van der Waals surface area (Å²) in [7, 11) is 3.18. The zero-order valence-electron chi connectivity index (χ0n) is 10.1. The van der Waals surface area contributed by atoms with Gasteiger partial charge in [-0.25, -0.2) is 9.59 Å². The second kappa shape index (κ2) is 4.43. The van der Waals surface area contributed by atoms with Gasteiger partial charge >= 0.3 is 12.2 Å². The molecular formula is C11H18N2O4. The Hall–Kier alpha value is -1.46. The normalized spacial score (nSPS) is 31.2. The standard InChI is InChI=1S/C11H18N2O4/c1-12(2)11(16)17-9-8-5-3-4-7(8)6-13(9)10(14)15/h7-9H,3-6H2,1-2H3,(H,14,15). The zero-order valence-corrected chi connectivity index (χ0v) is 10.1. The van der Waals surface area contributed by atoms with E-state index in [9.17, 15) is 9.59 Å². The number of fused-ring (bicyclic) bond motifs is 1. The van der Waals surface area contributed by atoms with Crippen molar-refractivity contribution in [2.75, 3.05) is 20.6 Å². The number of ether oxygens (including phenoxy) is 1. The number of likely N-dealkylation sites (tertiary alicyclic amines) is 1. The maximum atomic E-state index is 11.5. The summed E-state index contributed by atoms with van der Waals surface area (Å²) in [5.41, 5.74) is 0. The van der Waals surface area contributed by atoms with Crippen LogP contribution < -0.4 is 0 Å². The Morgan fingerprint density at radius 1 is 1.35 bits per heavy atom. The highest BCUT2D eigenvalue weighted by Crippen LogP contribution is 2.42. The molecule has 96 valence electrons. The van der Waals surface area contributed by atoms with Crippen molar-refractivity contribution in [1.29, 1.82) is 0 Å². The summed E-state index contributed by atoms with van der Waals surface area (Å²) in [6.07, 6.45) is 0.989. The maximum absolute atomic E-state index is 11.5. The molecule has 0 spiro atoms. The van der Waals surface area contributed by atoms with E-state index in [2.05, 4.69) is 0 Å². The van der Waals surface area contributed by atoms with Crippen molar-refractivity contribution in [2.45, 2.75) is 25.5 Å². The van der Waals surface area contributed by atoms with Crippen LogP contribution in [0.4, 0.5) is 9.59 Å². The molecule has 6 heteroatoms. The van der Waals surface area contributed by atoms with Crippen molar-refractivity contribution >= 4 is 12.2 Å². The fourth-order valence-electron chi connectivity index (χ4n) is 2.80. The minimum atomic E-state index is -1.00. The first-order valence-electron chi connectivity index (χ1n) is 5.88. The third-order valence-electron chi connectivity index (χ3n) is 3.65. The highest BCUT2D eigenvalue weighted by Gasteiger charge is 2.48. The van der Waals surface area contributed by atoms with Gasteiger partial charge in [0.2, 0.25) is 0 Å². The number of carboxylic acid groups (broad SMARTS) is 1. The van der Waals surface area contributed by atoms with E-state index in [1.165, 1.54) is 9.80 Å². The number of rotatable bonds is 1. The van der Waals surface area contributed by atoms with Crippen molar-refractivity contribution in [3.8, 4) is 0 Å². The Bertz CT molecular complexity index is 331. The average Bonchev–Trinajstić information content (AvgIpc) is 2.79. The van der Waals surface area contributed by atoms with Crippen LogP contribution >= 0.6 is 0 Å². The van der Waals surface area contributed by atoms with Gasteiger partial charge in [0.05, 0.1) is 0 Å². The van der Waals surface area contributed by atoms with Crippen LogP contribution in [0.15, 0.2) is 0 Å². The fraction of sp³-hybridized carbons (Fsp3) is 0.818. The van der Waals surface area contributed by atoms with Gasteiger partial charge in [0, 0.05) is 26.6 Å². The SMILES string of the molecule is CN(C)C(=O)OC1C2CCCC2CN1C(=O)O. The first kappa shape index (κ1) is 12.0. The van der Waals surface area contributed by atoms with Crippen LogP contribution in [0.2, 0.25) is 0 Å². The number of hydrogen-bond acceptors (Lipinski definition) is 3. The van der Waals surface area contributed by atoms with Gasteiger partial charge in [0.15, 0.2) is 6.23 Å². The van der Waals surface area contributed by atoms with E-state index in [-0.39, 0.29) is 5.92 Å². The van der Waals surface area contributed by atoms with Crippen LogP contribution in [0.1, 0.15) is 19.3 Å². The first-order valence-corrected chi connectivity index (χ1v) is 5.88. The van der Waals surface area contributed by atoms with Gasteiger partial charge in [-0.3, -0.25) is 4.90 Å². The molecule has 0 radical (unpaired) electrons. The van der Waals surface area contributed by atoms with Gasteiger partial charge in [-0.1, -0.05) is 6.42 Å². The zero-order chi connectivity index (χ0) is 12.6. The molecule has 1 aliphatic heterocycles. The van der Waals surface area contributed by atoms with Crippen LogP contribution in [0.5, 0.6) is 0 Å². The molecule has 0 bridgehead atoms. The third kappa shape index (κ3) is 2.16. The van der Waals surface area contributed by atoms with E-state index in [0.717, 1.165) is 19.3 Å². The summed E-state index contributed by atoms with van der Waals surface area (Å²) in [6.45, 7) is 0.491. The smallest absolute Gasteiger partial charge is 0.411 e. The van der Waals surface area contributed by atoms with Crippen LogP contribution in [0, 0.1) is 11.8 Å². The van der Waals surface area contributed by atoms with E-state index in [0.29, 0.717) is 12.5 Å². The molecule has 1 saturated carbocycles. The molecule has 3 unspecified atom stereocenters. The predicted octanol–water partition coefficient (Wildman–Crippen LogP) is 1.42. The molecule has 3 atom stereocenters. The number of amides is 2. The number of hydrogen-bond donors (Lipinski definition) is 1. The highest BCUT2D eigenvalue weighted by molar-refractivity contribution is 5.69. The summed E-state index contributed by atoms with van der Waals surface area (Å²) in [6, 6.07) is 0. The lowest BCUT2D eigenvalue weighted by molar-refractivity contribution is -0.0150. The molecule has 2 aliphatic rings. The molecule has 2 amide bonds. The molecule has 17 heavy (non-hydrogen) atoms. The molecule has 1 aliphatic carbocycles. The monoisotopic (exact) mass is 242 g/mol. The Morgan fingerprint density at radius 2 is 2.06 bits per heavy atom. The number of carbonyl (C=O) groups is 2. The van der Waals surface area contributed by atoms with Gasteiger partial charge in [0.25, 0.3) is 0 Å². The predicted molar refractivity (Wildman–Crippen MR) is 59.5 cm³/mol. The average molecular weight is 242 g/mol. The van der Waals surface area contributed by atoms with Gasteiger partial charge < -0.3 is 14.7 Å². The minimum absolute atomic E-state index is 0.176. The van der Waals surface area contributed by atoms with E-state index in [1.54, 1.807) is 14.1 Å². The molecule has 0 aromatic heterocycles.